The summed E-state index contributed by atoms with van der Waals surface area (Å²) in [6, 6.07) is 5.45. The first-order valence-electron chi connectivity index (χ1n) is 4.59. The van der Waals surface area contributed by atoms with E-state index in [1.165, 1.54) is 0 Å². The second-order valence-corrected chi connectivity index (χ2v) is 4.54. The number of aromatic amines is 1. The molecule has 1 heterocycles. The molecule has 0 unspecified atom stereocenters. The van der Waals surface area contributed by atoms with Gasteiger partial charge in [-0.1, -0.05) is 41.5 Å². The van der Waals surface area contributed by atoms with E-state index in [2.05, 4.69) is 9.97 Å². The maximum Gasteiger partial charge on any atom is 0.132 e. The number of rotatable bonds is 1. The molecule has 16 heavy (non-hydrogen) atoms. The molecule has 0 aliphatic carbocycles. The van der Waals surface area contributed by atoms with Gasteiger partial charge in [0.15, 0.2) is 0 Å². The molecular weight excluding hydrogens is 263 g/mol. The van der Waals surface area contributed by atoms with Gasteiger partial charge in [0, 0.05) is 5.56 Å². The number of nitrogens with one attached hydrogen (secondary N) is 1. The monoisotopic (exact) mass is 270 g/mol. The molecule has 2 rings (SSSR count). The molecule has 5 heteroatoms. The van der Waals surface area contributed by atoms with Crippen LogP contribution < -0.4 is 0 Å². The van der Waals surface area contributed by atoms with Crippen molar-refractivity contribution in [3.63, 3.8) is 0 Å². The Morgan fingerprint density at radius 2 is 2.00 bits per heavy atom. The van der Waals surface area contributed by atoms with Crippen LogP contribution in [0.15, 0.2) is 24.5 Å². The van der Waals surface area contributed by atoms with Crippen LogP contribution in [0, 0.1) is 11.6 Å². The van der Waals surface area contributed by atoms with Crippen molar-refractivity contribution < 1.29 is 0 Å². The molecule has 0 spiro atoms. The van der Waals surface area contributed by atoms with Crippen molar-refractivity contribution >= 4 is 35.4 Å². The van der Waals surface area contributed by atoms with Crippen LogP contribution in [0.5, 0.6) is 0 Å². The fourth-order valence-corrected chi connectivity index (χ4v) is 1.87. The largest absolute Gasteiger partial charge is 0.346 e. The zero-order valence-corrected chi connectivity index (χ0v) is 10.7. The summed E-state index contributed by atoms with van der Waals surface area (Å²) in [5.74, 6) is 0. The highest BCUT2D eigenvalue weighted by molar-refractivity contribution is 7.71. The Balaban J connectivity index is 2.63. The van der Waals surface area contributed by atoms with E-state index in [1.807, 2.05) is 13.0 Å². The van der Waals surface area contributed by atoms with Crippen molar-refractivity contribution in [1.82, 2.24) is 9.97 Å². The molecule has 0 amide bonds. The molecule has 0 aliphatic rings. The van der Waals surface area contributed by atoms with Crippen molar-refractivity contribution in [1.29, 1.82) is 0 Å². The second kappa shape index (κ2) is 4.53. The van der Waals surface area contributed by atoms with E-state index in [9.17, 15) is 0 Å². The summed E-state index contributed by atoms with van der Waals surface area (Å²) >= 11 is 16.9. The van der Waals surface area contributed by atoms with Crippen LogP contribution >= 0.6 is 35.4 Å². The first kappa shape index (κ1) is 11.6. The van der Waals surface area contributed by atoms with Crippen molar-refractivity contribution in [2.45, 2.75) is 6.92 Å². The van der Waals surface area contributed by atoms with Crippen LogP contribution in [0.3, 0.4) is 0 Å². The van der Waals surface area contributed by atoms with Crippen LogP contribution in [0.1, 0.15) is 5.56 Å². The summed E-state index contributed by atoms with van der Waals surface area (Å²) in [5.41, 5.74) is 2.79. The smallest absolute Gasteiger partial charge is 0.132 e. The molecule has 0 bridgehead atoms. The summed E-state index contributed by atoms with van der Waals surface area (Å²) in [6.07, 6.45) is 1.58. The van der Waals surface area contributed by atoms with Gasteiger partial charge in [0.05, 0.1) is 22.1 Å². The zero-order chi connectivity index (χ0) is 11.7. The maximum absolute atomic E-state index is 5.97. The van der Waals surface area contributed by atoms with Gasteiger partial charge in [0.2, 0.25) is 0 Å². The van der Waals surface area contributed by atoms with Gasteiger partial charge >= 0.3 is 0 Å². The van der Waals surface area contributed by atoms with E-state index >= 15 is 0 Å². The lowest BCUT2D eigenvalue weighted by molar-refractivity contribution is 1.12. The number of benzene rings is 1. The molecule has 0 saturated carbocycles. The van der Waals surface area contributed by atoms with Crippen LogP contribution in [-0.2, 0) is 0 Å². The minimum absolute atomic E-state index is 0.523. The molecule has 0 saturated heterocycles. The van der Waals surface area contributed by atoms with E-state index in [-0.39, 0.29) is 0 Å². The first-order valence-corrected chi connectivity index (χ1v) is 5.75. The van der Waals surface area contributed by atoms with Gasteiger partial charge in [-0.05, 0) is 24.6 Å². The third-order valence-corrected chi connectivity index (χ3v) is 3.45. The number of aromatic nitrogens is 2. The highest BCUT2D eigenvalue weighted by atomic mass is 35.5. The predicted molar refractivity (Wildman–Crippen MR) is 69.6 cm³/mol. The van der Waals surface area contributed by atoms with Crippen LogP contribution in [-0.4, -0.2) is 9.97 Å². The molecular formula is C11H8Cl2N2S. The number of H-pyrrole nitrogens is 1. The highest BCUT2D eigenvalue weighted by Crippen LogP contribution is 2.28. The summed E-state index contributed by atoms with van der Waals surface area (Å²) in [7, 11) is 0. The van der Waals surface area contributed by atoms with Gasteiger partial charge in [-0.15, -0.1) is 0 Å². The quantitative estimate of drug-likeness (QED) is 0.778. The molecule has 1 aromatic carbocycles. The average molecular weight is 271 g/mol. The number of halogens is 2. The SMILES string of the molecule is Cc1c(-c2ccc(Cl)c(Cl)c2)[nH]cnc1=S. The Morgan fingerprint density at radius 3 is 2.69 bits per heavy atom. The third kappa shape index (κ3) is 2.12. The maximum atomic E-state index is 5.97. The van der Waals surface area contributed by atoms with E-state index in [1.54, 1.807) is 18.5 Å². The lowest BCUT2D eigenvalue weighted by atomic mass is 10.1. The fraction of sp³-hybridized carbons (Fsp3) is 0.0909. The van der Waals surface area contributed by atoms with Crippen molar-refractivity contribution in [3.05, 3.63) is 44.8 Å². The van der Waals surface area contributed by atoms with Crippen molar-refractivity contribution in [2.24, 2.45) is 0 Å². The Labute approximate surface area is 108 Å². The van der Waals surface area contributed by atoms with E-state index in [4.69, 9.17) is 35.4 Å². The topological polar surface area (TPSA) is 28.7 Å². The van der Waals surface area contributed by atoms with E-state index in [0.29, 0.717) is 14.7 Å². The average Bonchev–Trinajstić information content (AvgIpc) is 2.26. The molecule has 0 fully saturated rings. The summed E-state index contributed by atoms with van der Waals surface area (Å²) < 4.78 is 0.583. The Bertz CT molecular complexity index is 593. The molecule has 2 nitrogen and oxygen atoms in total. The fourth-order valence-electron chi connectivity index (χ4n) is 1.42. The van der Waals surface area contributed by atoms with Crippen LogP contribution in [0.2, 0.25) is 10.0 Å². The first-order chi connectivity index (χ1) is 7.59. The molecule has 1 aromatic heterocycles. The molecule has 2 aromatic rings. The van der Waals surface area contributed by atoms with Crippen LogP contribution in [0.25, 0.3) is 11.3 Å². The summed E-state index contributed by atoms with van der Waals surface area (Å²) in [6.45, 7) is 1.92. The number of hydrogen-bond acceptors (Lipinski definition) is 2. The van der Waals surface area contributed by atoms with Crippen molar-refractivity contribution in [2.75, 3.05) is 0 Å². The highest BCUT2D eigenvalue weighted by Gasteiger charge is 2.06. The van der Waals surface area contributed by atoms with E-state index in [0.717, 1.165) is 16.8 Å². The lowest BCUT2D eigenvalue weighted by Crippen LogP contribution is -1.91. The molecule has 82 valence electrons. The molecule has 0 atom stereocenters. The predicted octanol–water partition coefficient (Wildman–Crippen LogP) is 4.42. The van der Waals surface area contributed by atoms with E-state index < -0.39 is 0 Å². The lowest BCUT2D eigenvalue weighted by Gasteiger charge is -2.06. The van der Waals surface area contributed by atoms with Crippen LogP contribution in [0.4, 0.5) is 0 Å². The van der Waals surface area contributed by atoms with Gasteiger partial charge in [0.1, 0.15) is 4.64 Å². The van der Waals surface area contributed by atoms with Gasteiger partial charge < -0.3 is 4.98 Å². The van der Waals surface area contributed by atoms with Gasteiger partial charge in [0.25, 0.3) is 0 Å². The minimum atomic E-state index is 0.523. The second-order valence-electron chi connectivity index (χ2n) is 3.34. The normalized spacial score (nSPS) is 10.4. The van der Waals surface area contributed by atoms with Gasteiger partial charge in [-0.25, -0.2) is 4.98 Å². The third-order valence-electron chi connectivity index (χ3n) is 2.29. The number of nitrogens with zero attached hydrogens (tertiary/aromatic N) is 1. The zero-order valence-electron chi connectivity index (χ0n) is 8.42. The van der Waals surface area contributed by atoms with Gasteiger partial charge in [-0.2, -0.15) is 0 Å². The Hall–Kier alpha value is -0.900. The standard InChI is InChI=1S/C11H8Cl2N2S/c1-6-10(14-5-15-11(6)16)7-2-3-8(12)9(13)4-7/h2-5H,1H3,(H,14,15,16). The molecule has 1 N–H and O–H groups in total. The van der Waals surface area contributed by atoms with Crippen molar-refractivity contribution in [3.8, 4) is 11.3 Å². The molecule has 0 aliphatic heterocycles. The molecule has 0 radical (unpaired) electrons. The Kier molecular flexibility index (Phi) is 3.28. The summed E-state index contributed by atoms with van der Waals surface area (Å²) in [5, 5.41) is 1.06. The minimum Gasteiger partial charge on any atom is -0.346 e. The summed E-state index contributed by atoms with van der Waals surface area (Å²) in [4.78, 5) is 7.07. The Morgan fingerprint density at radius 1 is 1.25 bits per heavy atom. The van der Waals surface area contributed by atoms with Gasteiger partial charge in [-0.3, -0.25) is 0 Å². The number of hydrogen-bond donors (Lipinski definition) is 1.